The van der Waals surface area contributed by atoms with Crippen molar-refractivity contribution in [2.75, 3.05) is 13.7 Å². The van der Waals surface area contributed by atoms with Crippen LogP contribution in [0.4, 0.5) is 13.2 Å². The minimum Gasteiger partial charge on any atom is -0.394 e. The average molecular weight is 254 g/mol. The van der Waals surface area contributed by atoms with Crippen molar-refractivity contribution in [2.45, 2.75) is 12.2 Å². The number of alkyl halides is 3. The summed E-state index contributed by atoms with van der Waals surface area (Å²) in [6.07, 6.45) is -4.41. The molecule has 1 aromatic rings. The molecular weight excluding hydrogens is 243 g/mol. The summed E-state index contributed by atoms with van der Waals surface area (Å²) in [5, 5.41) is 11.9. The van der Waals surface area contributed by atoms with Gasteiger partial charge in [-0.3, -0.25) is 0 Å². The lowest BCUT2D eigenvalue weighted by Crippen LogP contribution is -2.21. The lowest BCUT2D eigenvalue weighted by molar-refractivity contribution is -0.137. The summed E-state index contributed by atoms with van der Waals surface area (Å²) in [6, 6.07) is 2.44. The molecule has 0 saturated carbocycles. The number of benzene rings is 1. The highest BCUT2D eigenvalue weighted by Gasteiger charge is 2.31. The van der Waals surface area contributed by atoms with Crippen molar-refractivity contribution in [1.82, 2.24) is 5.32 Å². The second-order valence-corrected chi connectivity index (χ2v) is 3.67. The molecule has 0 aliphatic heterocycles. The van der Waals surface area contributed by atoms with E-state index < -0.39 is 17.8 Å². The summed E-state index contributed by atoms with van der Waals surface area (Å²) in [7, 11) is 1.54. The summed E-state index contributed by atoms with van der Waals surface area (Å²) in [6.45, 7) is -0.322. The molecule has 0 aromatic heterocycles. The zero-order valence-corrected chi connectivity index (χ0v) is 9.23. The van der Waals surface area contributed by atoms with Gasteiger partial charge in [0.25, 0.3) is 0 Å². The van der Waals surface area contributed by atoms with Crippen molar-refractivity contribution in [3.05, 3.63) is 34.3 Å². The smallest absolute Gasteiger partial charge is 0.394 e. The highest BCUT2D eigenvalue weighted by molar-refractivity contribution is 6.31. The molecule has 0 heterocycles. The monoisotopic (exact) mass is 253 g/mol. The number of hydrogen-bond acceptors (Lipinski definition) is 2. The third kappa shape index (κ3) is 2.87. The molecule has 2 N–H and O–H groups in total. The van der Waals surface area contributed by atoms with Crippen molar-refractivity contribution in [1.29, 1.82) is 0 Å². The molecule has 1 rings (SSSR count). The molecule has 16 heavy (non-hydrogen) atoms. The van der Waals surface area contributed by atoms with E-state index in [9.17, 15) is 13.2 Å². The zero-order valence-electron chi connectivity index (χ0n) is 8.48. The molecule has 1 atom stereocenters. The Morgan fingerprint density at radius 3 is 2.50 bits per heavy atom. The summed E-state index contributed by atoms with van der Waals surface area (Å²) >= 11 is 5.78. The fourth-order valence-electron chi connectivity index (χ4n) is 1.33. The molecule has 0 radical (unpaired) electrons. The van der Waals surface area contributed by atoms with Gasteiger partial charge >= 0.3 is 6.18 Å². The Hall–Kier alpha value is -0.780. The van der Waals surface area contributed by atoms with E-state index in [0.29, 0.717) is 0 Å². The Labute approximate surface area is 96.0 Å². The van der Waals surface area contributed by atoms with Crippen molar-refractivity contribution >= 4 is 11.6 Å². The molecule has 2 nitrogen and oxygen atoms in total. The first-order chi connectivity index (χ1) is 7.40. The topological polar surface area (TPSA) is 32.3 Å². The van der Waals surface area contributed by atoms with E-state index in [-0.39, 0.29) is 17.2 Å². The van der Waals surface area contributed by atoms with Gasteiger partial charge in [0.15, 0.2) is 0 Å². The largest absolute Gasteiger partial charge is 0.416 e. The Morgan fingerprint density at radius 2 is 2.06 bits per heavy atom. The van der Waals surface area contributed by atoms with Crippen LogP contribution >= 0.6 is 11.6 Å². The van der Waals surface area contributed by atoms with Gasteiger partial charge in [0.05, 0.1) is 18.2 Å². The van der Waals surface area contributed by atoms with Crippen LogP contribution < -0.4 is 5.32 Å². The Balaban J connectivity index is 3.18. The molecule has 0 aliphatic rings. The SMILES string of the molecule is CN[C@@H](CO)c1cc(C(F)(F)F)ccc1Cl. The van der Waals surface area contributed by atoms with Crippen LogP contribution in [-0.4, -0.2) is 18.8 Å². The van der Waals surface area contributed by atoms with Crippen LogP contribution in [0.3, 0.4) is 0 Å². The third-order valence-electron chi connectivity index (χ3n) is 2.23. The van der Waals surface area contributed by atoms with E-state index in [1.54, 1.807) is 0 Å². The molecule has 6 heteroatoms. The number of hydrogen-bond donors (Lipinski definition) is 2. The van der Waals surface area contributed by atoms with Crippen LogP contribution in [0.1, 0.15) is 17.2 Å². The Morgan fingerprint density at radius 1 is 1.44 bits per heavy atom. The maximum atomic E-state index is 12.4. The van der Waals surface area contributed by atoms with E-state index >= 15 is 0 Å². The third-order valence-corrected chi connectivity index (χ3v) is 2.57. The summed E-state index contributed by atoms with van der Waals surface area (Å²) in [4.78, 5) is 0. The highest BCUT2D eigenvalue weighted by Crippen LogP contribution is 2.33. The van der Waals surface area contributed by atoms with E-state index in [1.165, 1.54) is 13.1 Å². The summed E-state index contributed by atoms with van der Waals surface area (Å²) in [5.74, 6) is 0. The molecule has 0 spiro atoms. The summed E-state index contributed by atoms with van der Waals surface area (Å²) in [5.41, 5.74) is -0.540. The average Bonchev–Trinajstić information content (AvgIpc) is 2.20. The van der Waals surface area contributed by atoms with Crippen LogP contribution in [0.5, 0.6) is 0 Å². The van der Waals surface area contributed by atoms with Crippen LogP contribution in [0.15, 0.2) is 18.2 Å². The van der Waals surface area contributed by atoms with Gasteiger partial charge in [-0.25, -0.2) is 0 Å². The lowest BCUT2D eigenvalue weighted by Gasteiger charge is -2.17. The fourth-order valence-corrected chi connectivity index (χ4v) is 1.58. The van der Waals surface area contributed by atoms with Crippen LogP contribution in [0, 0.1) is 0 Å². The standard InChI is InChI=1S/C10H11ClF3NO/c1-15-9(5-16)7-4-6(10(12,13)14)2-3-8(7)11/h2-4,9,15-16H,5H2,1H3/t9-/m0/s1. The molecular formula is C10H11ClF3NO. The zero-order chi connectivity index (χ0) is 12.3. The molecule has 0 aliphatic carbocycles. The molecule has 0 saturated heterocycles. The Kier molecular flexibility index (Phi) is 4.18. The molecule has 0 amide bonds. The van der Waals surface area contributed by atoms with Crippen molar-refractivity contribution < 1.29 is 18.3 Å². The maximum absolute atomic E-state index is 12.4. The molecule has 1 aromatic carbocycles. The van der Waals surface area contributed by atoms with Gasteiger partial charge in [0, 0.05) is 5.02 Å². The van der Waals surface area contributed by atoms with Gasteiger partial charge in [-0.2, -0.15) is 13.2 Å². The molecule has 0 unspecified atom stereocenters. The van der Waals surface area contributed by atoms with Gasteiger partial charge in [0.1, 0.15) is 0 Å². The highest BCUT2D eigenvalue weighted by atomic mass is 35.5. The maximum Gasteiger partial charge on any atom is 0.416 e. The van der Waals surface area contributed by atoms with Gasteiger partial charge in [-0.1, -0.05) is 11.6 Å². The number of halogens is 4. The van der Waals surface area contributed by atoms with Crippen LogP contribution in [-0.2, 0) is 6.18 Å². The van der Waals surface area contributed by atoms with Gasteiger partial charge in [-0.15, -0.1) is 0 Å². The Bertz CT molecular complexity index is 364. The number of rotatable bonds is 3. The minimum absolute atomic E-state index is 0.196. The second kappa shape index (κ2) is 5.03. The first-order valence-electron chi connectivity index (χ1n) is 4.55. The molecule has 90 valence electrons. The first kappa shape index (κ1) is 13.3. The first-order valence-corrected chi connectivity index (χ1v) is 4.92. The van der Waals surface area contributed by atoms with Gasteiger partial charge in [-0.05, 0) is 30.8 Å². The predicted octanol–water partition coefficient (Wildman–Crippen LogP) is 2.61. The van der Waals surface area contributed by atoms with Crippen LogP contribution in [0.2, 0.25) is 5.02 Å². The van der Waals surface area contributed by atoms with E-state index in [4.69, 9.17) is 16.7 Å². The number of nitrogens with one attached hydrogen (secondary N) is 1. The van der Waals surface area contributed by atoms with Gasteiger partial charge < -0.3 is 10.4 Å². The second-order valence-electron chi connectivity index (χ2n) is 3.26. The normalized spacial score (nSPS) is 13.9. The number of aliphatic hydroxyl groups is 1. The van der Waals surface area contributed by atoms with Crippen molar-refractivity contribution in [2.24, 2.45) is 0 Å². The van der Waals surface area contributed by atoms with E-state index in [1.807, 2.05) is 0 Å². The van der Waals surface area contributed by atoms with E-state index in [2.05, 4.69) is 5.32 Å². The predicted molar refractivity (Wildman–Crippen MR) is 55.3 cm³/mol. The molecule has 0 fully saturated rings. The number of aliphatic hydroxyl groups excluding tert-OH is 1. The number of likely N-dealkylation sites (N-methyl/N-ethyl adjacent to an activating group) is 1. The molecule has 0 bridgehead atoms. The van der Waals surface area contributed by atoms with Crippen molar-refractivity contribution in [3.63, 3.8) is 0 Å². The minimum atomic E-state index is -4.41. The van der Waals surface area contributed by atoms with Crippen molar-refractivity contribution in [3.8, 4) is 0 Å². The quantitative estimate of drug-likeness (QED) is 0.868. The van der Waals surface area contributed by atoms with Gasteiger partial charge in [0.2, 0.25) is 0 Å². The summed E-state index contributed by atoms with van der Waals surface area (Å²) < 4.78 is 37.3. The van der Waals surface area contributed by atoms with Crippen LogP contribution in [0.25, 0.3) is 0 Å². The lowest BCUT2D eigenvalue weighted by atomic mass is 10.0. The van der Waals surface area contributed by atoms with E-state index in [0.717, 1.165) is 12.1 Å². The fraction of sp³-hybridized carbons (Fsp3) is 0.400.